The van der Waals surface area contributed by atoms with E-state index in [0.717, 1.165) is 18.4 Å². The largest absolute Gasteiger partial charge is 0.493 e. The standard InChI is InChI=1S/C27H29NO4/c1-30-25-16-21-14-15-28(27(29)32-3)24(23(21)18-26(25)31-2)17-22(19-10-6-4-7-11-19)20-12-8-5-9-13-20/h4-13,16,18,22,24H,14-15,17H2,1-3H3. The lowest BCUT2D eigenvalue weighted by atomic mass is 9.81. The molecule has 3 aromatic rings. The Morgan fingerprint density at radius 1 is 0.906 bits per heavy atom. The minimum absolute atomic E-state index is 0.119. The van der Waals surface area contributed by atoms with E-state index >= 15 is 0 Å². The molecule has 0 aromatic heterocycles. The quantitative estimate of drug-likeness (QED) is 0.510. The maximum atomic E-state index is 12.8. The molecule has 0 bridgehead atoms. The van der Waals surface area contributed by atoms with Crippen molar-refractivity contribution < 1.29 is 19.0 Å². The van der Waals surface area contributed by atoms with Crippen LogP contribution in [0.5, 0.6) is 11.5 Å². The molecule has 4 rings (SSSR count). The molecular weight excluding hydrogens is 402 g/mol. The highest BCUT2D eigenvalue weighted by molar-refractivity contribution is 5.69. The number of fused-ring (bicyclic) bond motifs is 1. The number of amides is 1. The first kappa shape index (κ1) is 21.8. The first-order valence-corrected chi connectivity index (χ1v) is 10.9. The van der Waals surface area contributed by atoms with Crippen LogP contribution >= 0.6 is 0 Å². The van der Waals surface area contributed by atoms with Crippen LogP contribution in [-0.4, -0.2) is 38.9 Å². The molecule has 5 heteroatoms. The molecule has 32 heavy (non-hydrogen) atoms. The van der Waals surface area contributed by atoms with Crippen molar-refractivity contribution in [3.05, 3.63) is 95.1 Å². The van der Waals surface area contributed by atoms with Gasteiger partial charge in [0.25, 0.3) is 0 Å². The number of rotatable bonds is 6. The van der Waals surface area contributed by atoms with Crippen molar-refractivity contribution in [1.29, 1.82) is 0 Å². The Morgan fingerprint density at radius 3 is 2.00 bits per heavy atom. The third-order valence-corrected chi connectivity index (χ3v) is 6.27. The van der Waals surface area contributed by atoms with Gasteiger partial charge in [-0.05, 0) is 47.2 Å². The predicted molar refractivity (Wildman–Crippen MR) is 124 cm³/mol. The van der Waals surface area contributed by atoms with Gasteiger partial charge < -0.3 is 19.1 Å². The van der Waals surface area contributed by atoms with E-state index in [1.54, 1.807) is 14.2 Å². The first-order chi connectivity index (χ1) is 15.7. The molecule has 0 fully saturated rings. The minimum Gasteiger partial charge on any atom is -0.493 e. The van der Waals surface area contributed by atoms with Gasteiger partial charge in [0.2, 0.25) is 0 Å². The molecule has 0 spiro atoms. The second kappa shape index (κ2) is 9.77. The molecular formula is C27H29NO4. The van der Waals surface area contributed by atoms with Crippen LogP contribution in [0.3, 0.4) is 0 Å². The number of carbonyl (C=O) groups excluding carboxylic acids is 1. The summed E-state index contributed by atoms with van der Waals surface area (Å²) >= 11 is 0. The summed E-state index contributed by atoms with van der Waals surface area (Å²) < 4.78 is 16.3. The SMILES string of the molecule is COC(=O)N1CCc2cc(OC)c(OC)cc2C1CC(c1ccccc1)c1ccccc1. The van der Waals surface area contributed by atoms with Crippen LogP contribution in [0.25, 0.3) is 0 Å². The minimum atomic E-state index is -0.310. The molecule has 166 valence electrons. The van der Waals surface area contributed by atoms with Gasteiger partial charge in [0.15, 0.2) is 11.5 Å². The average Bonchev–Trinajstić information content (AvgIpc) is 2.86. The Hall–Kier alpha value is -3.47. The van der Waals surface area contributed by atoms with Crippen LogP contribution in [0, 0.1) is 0 Å². The fourth-order valence-corrected chi connectivity index (χ4v) is 4.68. The van der Waals surface area contributed by atoms with E-state index in [0.29, 0.717) is 18.0 Å². The Labute approximate surface area is 189 Å². The number of hydrogen-bond acceptors (Lipinski definition) is 4. The number of ether oxygens (including phenoxy) is 3. The molecule has 3 aromatic carbocycles. The van der Waals surface area contributed by atoms with Gasteiger partial charge in [-0.25, -0.2) is 4.79 Å². The number of hydrogen-bond donors (Lipinski definition) is 0. The zero-order chi connectivity index (χ0) is 22.5. The van der Waals surface area contributed by atoms with Crippen molar-refractivity contribution >= 4 is 6.09 Å². The van der Waals surface area contributed by atoms with Crippen molar-refractivity contribution in [3.63, 3.8) is 0 Å². The van der Waals surface area contributed by atoms with Crippen LogP contribution in [0.4, 0.5) is 4.79 Å². The summed E-state index contributed by atoms with van der Waals surface area (Å²) in [6, 6.07) is 24.8. The smallest absolute Gasteiger partial charge is 0.410 e. The second-order valence-corrected chi connectivity index (χ2v) is 7.94. The third-order valence-electron chi connectivity index (χ3n) is 6.27. The van der Waals surface area contributed by atoms with Crippen LogP contribution in [0.1, 0.15) is 40.6 Å². The molecule has 1 unspecified atom stereocenters. The van der Waals surface area contributed by atoms with Crippen molar-refractivity contribution in [2.24, 2.45) is 0 Å². The van der Waals surface area contributed by atoms with Gasteiger partial charge in [-0.15, -0.1) is 0 Å². The average molecular weight is 432 g/mol. The topological polar surface area (TPSA) is 48.0 Å². The lowest BCUT2D eigenvalue weighted by molar-refractivity contribution is 0.0970. The van der Waals surface area contributed by atoms with Crippen molar-refractivity contribution in [1.82, 2.24) is 4.90 Å². The zero-order valence-electron chi connectivity index (χ0n) is 18.8. The van der Waals surface area contributed by atoms with E-state index in [2.05, 4.69) is 48.5 Å². The zero-order valence-corrected chi connectivity index (χ0v) is 18.8. The molecule has 0 saturated heterocycles. The highest BCUT2D eigenvalue weighted by Crippen LogP contribution is 2.43. The maximum Gasteiger partial charge on any atom is 0.410 e. The second-order valence-electron chi connectivity index (χ2n) is 7.94. The highest BCUT2D eigenvalue weighted by Gasteiger charge is 2.35. The lowest BCUT2D eigenvalue weighted by Crippen LogP contribution is -2.40. The normalized spacial score (nSPS) is 15.2. The molecule has 0 N–H and O–H groups in total. The Kier molecular flexibility index (Phi) is 6.64. The molecule has 5 nitrogen and oxygen atoms in total. The fourth-order valence-electron chi connectivity index (χ4n) is 4.68. The Morgan fingerprint density at radius 2 is 1.47 bits per heavy atom. The number of nitrogens with zero attached hydrogens (tertiary/aromatic N) is 1. The van der Waals surface area contributed by atoms with Gasteiger partial charge in [-0.1, -0.05) is 60.7 Å². The number of benzene rings is 3. The number of methoxy groups -OCH3 is 3. The molecule has 0 aliphatic carbocycles. The van der Waals surface area contributed by atoms with E-state index in [1.807, 2.05) is 29.2 Å². The third kappa shape index (κ3) is 4.28. The highest BCUT2D eigenvalue weighted by atomic mass is 16.5. The first-order valence-electron chi connectivity index (χ1n) is 10.9. The molecule has 0 saturated carbocycles. The summed E-state index contributed by atoms with van der Waals surface area (Å²) in [4.78, 5) is 14.6. The maximum absolute atomic E-state index is 12.8. The number of carbonyl (C=O) groups is 1. The van der Waals surface area contributed by atoms with Crippen LogP contribution < -0.4 is 9.47 Å². The monoisotopic (exact) mass is 431 g/mol. The van der Waals surface area contributed by atoms with Crippen LogP contribution in [-0.2, 0) is 11.2 Å². The van der Waals surface area contributed by atoms with Crippen LogP contribution in [0.15, 0.2) is 72.8 Å². The van der Waals surface area contributed by atoms with Crippen LogP contribution in [0.2, 0.25) is 0 Å². The molecule has 1 heterocycles. The van der Waals surface area contributed by atoms with Gasteiger partial charge in [-0.3, -0.25) is 0 Å². The predicted octanol–water partition coefficient (Wildman–Crippen LogP) is 5.59. The summed E-state index contributed by atoms with van der Waals surface area (Å²) in [6.07, 6.45) is 1.16. The molecule has 1 amide bonds. The summed E-state index contributed by atoms with van der Waals surface area (Å²) in [5, 5.41) is 0. The van der Waals surface area contributed by atoms with Gasteiger partial charge in [0.1, 0.15) is 0 Å². The molecule has 1 aliphatic rings. The lowest BCUT2D eigenvalue weighted by Gasteiger charge is -2.38. The molecule has 0 radical (unpaired) electrons. The van der Waals surface area contributed by atoms with Gasteiger partial charge >= 0.3 is 6.09 Å². The van der Waals surface area contributed by atoms with Crippen molar-refractivity contribution in [3.8, 4) is 11.5 Å². The summed E-state index contributed by atoms with van der Waals surface area (Å²) in [5.74, 6) is 1.49. The fraction of sp³-hybridized carbons (Fsp3) is 0.296. The van der Waals surface area contributed by atoms with E-state index in [9.17, 15) is 4.79 Å². The Balaban J connectivity index is 1.81. The van der Waals surface area contributed by atoms with E-state index < -0.39 is 0 Å². The van der Waals surface area contributed by atoms with Gasteiger partial charge in [0, 0.05) is 12.5 Å². The molecule has 1 aliphatic heterocycles. The summed E-state index contributed by atoms with van der Waals surface area (Å²) in [6.45, 7) is 0.593. The van der Waals surface area contributed by atoms with E-state index in [4.69, 9.17) is 14.2 Å². The van der Waals surface area contributed by atoms with Crippen molar-refractivity contribution in [2.45, 2.75) is 24.8 Å². The summed E-state index contributed by atoms with van der Waals surface area (Å²) in [7, 11) is 4.72. The van der Waals surface area contributed by atoms with Gasteiger partial charge in [-0.2, -0.15) is 0 Å². The molecule has 1 atom stereocenters. The van der Waals surface area contributed by atoms with E-state index in [-0.39, 0.29) is 18.1 Å². The van der Waals surface area contributed by atoms with Crippen molar-refractivity contribution in [2.75, 3.05) is 27.9 Å². The van der Waals surface area contributed by atoms with Gasteiger partial charge in [0.05, 0.1) is 27.4 Å². The van der Waals surface area contributed by atoms with E-state index in [1.165, 1.54) is 23.8 Å². The summed E-state index contributed by atoms with van der Waals surface area (Å²) in [5.41, 5.74) is 4.69. The Bertz CT molecular complexity index is 1010.